The number of aliphatic hydroxyl groups excluding tert-OH is 2. The summed E-state index contributed by atoms with van der Waals surface area (Å²) in [5, 5.41) is 23.0. The number of likely N-dealkylation sites (tertiary alicyclic amines) is 1. The van der Waals surface area contributed by atoms with Gasteiger partial charge in [0.1, 0.15) is 17.3 Å². The van der Waals surface area contributed by atoms with Crippen LogP contribution in [-0.2, 0) is 9.59 Å². The molecule has 1 fully saturated rings. The number of nitrogens with one attached hydrogen (secondary N) is 1. The topological polar surface area (TPSA) is 108 Å². The Bertz CT molecular complexity index is 953. The third kappa shape index (κ3) is 4.70. The fourth-order valence-electron chi connectivity index (χ4n) is 3.55. The molecule has 8 heteroatoms. The normalized spacial score (nSPS) is 17.8. The van der Waals surface area contributed by atoms with Crippen LogP contribution >= 0.6 is 0 Å². The lowest BCUT2D eigenvalue weighted by atomic mass is 9.95. The van der Waals surface area contributed by atoms with Gasteiger partial charge in [0, 0.05) is 25.2 Å². The van der Waals surface area contributed by atoms with Gasteiger partial charge >= 0.3 is 0 Å². The molecule has 0 bridgehead atoms. The van der Waals surface area contributed by atoms with Gasteiger partial charge in [-0.05, 0) is 42.0 Å². The smallest absolute Gasteiger partial charge is 0.295 e. The molecule has 2 aromatic rings. The van der Waals surface area contributed by atoms with Crippen molar-refractivity contribution in [2.75, 3.05) is 40.5 Å². The standard InChI is InChI=1S/C23H26N2O6/c1-30-17-7-3-15(4-8-17)20-19(21(27)16-5-9-18(31-2)10-6-16)22(28)23(29)25(20)13-11-24-12-14-26/h3-10,20,24,26-27H,11-14H2,1-2H3/t20-/m0/s1. The van der Waals surface area contributed by atoms with Crippen LogP contribution in [0.5, 0.6) is 11.5 Å². The summed E-state index contributed by atoms with van der Waals surface area (Å²) in [5.74, 6) is -0.412. The number of rotatable bonds is 9. The van der Waals surface area contributed by atoms with E-state index in [2.05, 4.69) is 5.32 Å². The average molecular weight is 426 g/mol. The minimum Gasteiger partial charge on any atom is -0.507 e. The molecule has 0 unspecified atom stereocenters. The van der Waals surface area contributed by atoms with Crippen molar-refractivity contribution in [3.05, 3.63) is 65.2 Å². The summed E-state index contributed by atoms with van der Waals surface area (Å²) in [6.45, 7) is 0.977. The summed E-state index contributed by atoms with van der Waals surface area (Å²) in [5.41, 5.74) is 1.12. The van der Waals surface area contributed by atoms with Crippen molar-refractivity contribution in [3.8, 4) is 11.5 Å². The van der Waals surface area contributed by atoms with Crippen LogP contribution in [0.2, 0.25) is 0 Å². The molecule has 1 aliphatic heterocycles. The van der Waals surface area contributed by atoms with Crippen LogP contribution in [0.25, 0.3) is 5.76 Å². The lowest BCUT2D eigenvalue weighted by molar-refractivity contribution is -0.139. The molecule has 3 rings (SSSR count). The van der Waals surface area contributed by atoms with E-state index in [1.54, 1.807) is 55.6 Å². The Labute approximate surface area is 180 Å². The van der Waals surface area contributed by atoms with E-state index in [1.807, 2.05) is 0 Å². The zero-order chi connectivity index (χ0) is 22.4. The van der Waals surface area contributed by atoms with Gasteiger partial charge in [0.25, 0.3) is 11.7 Å². The minimum atomic E-state index is -0.746. The van der Waals surface area contributed by atoms with E-state index >= 15 is 0 Å². The molecule has 1 aliphatic rings. The van der Waals surface area contributed by atoms with Gasteiger partial charge in [0.15, 0.2) is 0 Å². The van der Waals surface area contributed by atoms with E-state index in [-0.39, 0.29) is 24.5 Å². The summed E-state index contributed by atoms with van der Waals surface area (Å²) in [6, 6.07) is 12.9. The molecule has 1 amide bonds. The maximum absolute atomic E-state index is 12.9. The van der Waals surface area contributed by atoms with E-state index in [0.29, 0.717) is 35.7 Å². The van der Waals surface area contributed by atoms with Crippen LogP contribution in [0, 0.1) is 0 Å². The number of benzene rings is 2. The SMILES string of the molecule is COc1ccc(C(O)=C2C(=O)C(=O)N(CCNCCO)[C@H]2c2ccc(OC)cc2)cc1. The van der Waals surface area contributed by atoms with Crippen molar-refractivity contribution >= 4 is 17.4 Å². The number of amides is 1. The molecular weight excluding hydrogens is 400 g/mol. The number of ether oxygens (including phenoxy) is 2. The van der Waals surface area contributed by atoms with Crippen LogP contribution in [0.4, 0.5) is 0 Å². The Hall–Kier alpha value is -3.36. The van der Waals surface area contributed by atoms with E-state index in [4.69, 9.17) is 14.6 Å². The number of ketones is 1. The van der Waals surface area contributed by atoms with Crippen molar-refractivity contribution in [2.45, 2.75) is 6.04 Å². The Balaban J connectivity index is 2.04. The van der Waals surface area contributed by atoms with Gasteiger partial charge < -0.3 is 29.9 Å². The number of carbonyl (C=O) groups is 2. The third-order valence-corrected chi connectivity index (χ3v) is 5.15. The second-order valence-corrected chi connectivity index (χ2v) is 6.97. The molecule has 1 heterocycles. The summed E-state index contributed by atoms with van der Waals surface area (Å²) in [7, 11) is 3.09. The van der Waals surface area contributed by atoms with Gasteiger partial charge in [-0.2, -0.15) is 0 Å². The fraction of sp³-hybridized carbons (Fsp3) is 0.304. The number of nitrogens with zero attached hydrogens (tertiary/aromatic N) is 1. The van der Waals surface area contributed by atoms with Gasteiger partial charge in [-0.25, -0.2) is 0 Å². The van der Waals surface area contributed by atoms with E-state index in [1.165, 1.54) is 12.0 Å². The highest BCUT2D eigenvalue weighted by Crippen LogP contribution is 2.39. The molecule has 31 heavy (non-hydrogen) atoms. The van der Waals surface area contributed by atoms with Crippen molar-refractivity contribution in [3.63, 3.8) is 0 Å². The van der Waals surface area contributed by atoms with Gasteiger partial charge in [0.05, 0.1) is 32.4 Å². The number of hydrogen-bond acceptors (Lipinski definition) is 7. The molecule has 8 nitrogen and oxygen atoms in total. The molecule has 0 saturated carbocycles. The molecule has 0 aromatic heterocycles. The number of aliphatic hydroxyl groups is 2. The summed E-state index contributed by atoms with van der Waals surface area (Å²) < 4.78 is 10.3. The Morgan fingerprint density at radius 3 is 2.10 bits per heavy atom. The van der Waals surface area contributed by atoms with Gasteiger partial charge in [-0.15, -0.1) is 0 Å². The van der Waals surface area contributed by atoms with Crippen LogP contribution in [-0.4, -0.2) is 67.3 Å². The van der Waals surface area contributed by atoms with Crippen LogP contribution < -0.4 is 14.8 Å². The zero-order valence-corrected chi connectivity index (χ0v) is 17.5. The quantitative estimate of drug-likeness (QED) is 0.242. The number of methoxy groups -OCH3 is 2. The van der Waals surface area contributed by atoms with E-state index in [0.717, 1.165) is 0 Å². The molecule has 3 N–H and O–H groups in total. The second-order valence-electron chi connectivity index (χ2n) is 6.97. The first-order valence-electron chi connectivity index (χ1n) is 9.90. The lowest BCUT2D eigenvalue weighted by Crippen LogP contribution is -2.36. The fourth-order valence-corrected chi connectivity index (χ4v) is 3.55. The van der Waals surface area contributed by atoms with Gasteiger partial charge in [-0.3, -0.25) is 9.59 Å². The highest BCUT2D eigenvalue weighted by Gasteiger charge is 2.45. The van der Waals surface area contributed by atoms with Crippen LogP contribution in [0.15, 0.2) is 54.1 Å². The van der Waals surface area contributed by atoms with Crippen LogP contribution in [0.3, 0.4) is 0 Å². The molecule has 0 radical (unpaired) electrons. The molecule has 0 spiro atoms. The lowest BCUT2D eigenvalue weighted by Gasteiger charge is -2.25. The van der Waals surface area contributed by atoms with Crippen molar-refractivity contribution in [1.82, 2.24) is 10.2 Å². The van der Waals surface area contributed by atoms with Crippen molar-refractivity contribution in [1.29, 1.82) is 0 Å². The zero-order valence-electron chi connectivity index (χ0n) is 17.5. The predicted molar refractivity (Wildman–Crippen MR) is 115 cm³/mol. The maximum atomic E-state index is 12.9. The second kappa shape index (κ2) is 10.1. The van der Waals surface area contributed by atoms with Gasteiger partial charge in [0.2, 0.25) is 0 Å². The number of hydrogen-bond donors (Lipinski definition) is 3. The van der Waals surface area contributed by atoms with Gasteiger partial charge in [-0.1, -0.05) is 12.1 Å². The highest BCUT2D eigenvalue weighted by atomic mass is 16.5. The van der Waals surface area contributed by atoms with E-state index in [9.17, 15) is 14.7 Å². The molecular formula is C23H26N2O6. The molecule has 0 aliphatic carbocycles. The summed E-state index contributed by atoms with van der Waals surface area (Å²) >= 11 is 0. The Morgan fingerprint density at radius 2 is 1.55 bits per heavy atom. The molecule has 1 saturated heterocycles. The Morgan fingerprint density at radius 1 is 0.968 bits per heavy atom. The highest BCUT2D eigenvalue weighted by molar-refractivity contribution is 6.46. The summed E-state index contributed by atoms with van der Waals surface area (Å²) in [4.78, 5) is 27.2. The number of carbonyl (C=O) groups excluding carboxylic acids is 2. The Kier molecular flexibility index (Phi) is 7.28. The largest absolute Gasteiger partial charge is 0.507 e. The monoisotopic (exact) mass is 426 g/mol. The minimum absolute atomic E-state index is 0.0296. The number of Topliss-reactive ketones (excluding diaryl/α,β-unsaturated/α-hetero) is 1. The molecule has 2 aromatic carbocycles. The average Bonchev–Trinajstić information content (AvgIpc) is 3.06. The third-order valence-electron chi connectivity index (χ3n) is 5.15. The summed E-state index contributed by atoms with van der Waals surface area (Å²) in [6.07, 6.45) is 0. The van der Waals surface area contributed by atoms with Crippen molar-refractivity contribution in [2.24, 2.45) is 0 Å². The first kappa shape index (κ1) is 22.3. The molecule has 164 valence electrons. The van der Waals surface area contributed by atoms with E-state index < -0.39 is 17.7 Å². The molecule has 1 atom stereocenters. The predicted octanol–water partition coefficient (Wildman–Crippen LogP) is 1.71. The maximum Gasteiger partial charge on any atom is 0.295 e. The first-order valence-corrected chi connectivity index (χ1v) is 9.90. The first-order chi connectivity index (χ1) is 15.0. The van der Waals surface area contributed by atoms with Crippen LogP contribution in [0.1, 0.15) is 17.2 Å². The van der Waals surface area contributed by atoms with Crippen molar-refractivity contribution < 1.29 is 29.3 Å².